The normalized spacial score (nSPS) is 18.1. The number of hydrogen-bond acceptors (Lipinski definition) is 5. The van der Waals surface area contributed by atoms with Gasteiger partial charge in [0.05, 0.1) is 16.3 Å². The number of nitrogens with two attached hydrogens (primary N) is 1. The molecule has 4 rings (SSSR count). The third-order valence-corrected chi connectivity index (χ3v) is 7.03. The van der Waals surface area contributed by atoms with Gasteiger partial charge >= 0.3 is 5.97 Å². The second-order valence-electron chi connectivity index (χ2n) is 8.99. The van der Waals surface area contributed by atoms with Crippen LogP contribution >= 0.6 is 11.6 Å². The van der Waals surface area contributed by atoms with E-state index in [0.717, 1.165) is 58.4 Å². The number of primary amides is 1. The topological polar surface area (TPSA) is 96.1 Å². The second-order valence-corrected chi connectivity index (χ2v) is 9.40. The van der Waals surface area contributed by atoms with Crippen molar-refractivity contribution in [1.29, 1.82) is 0 Å². The molecule has 2 heterocycles. The molecule has 0 spiro atoms. The van der Waals surface area contributed by atoms with Crippen LogP contribution in [0.15, 0.2) is 36.4 Å². The lowest BCUT2D eigenvalue weighted by atomic mass is 9.94. The molecule has 9 heteroatoms. The number of carbonyl (C=O) groups is 2. The maximum atomic E-state index is 14.0. The Morgan fingerprint density at radius 1 is 1.09 bits per heavy atom. The number of piperidine rings is 2. The minimum atomic E-state index is -1.23. The summed E-state index contributed by atoms with van der Waals surface area (Å²) in [6.45, 7) is 4.30. The fourth-order valence-corrected chi connectivity index (χ4v) is 5.14. The van der Waals surface area contributed by atoms with Crippen LogP contribution in [0.25, 0.3) is 0 Å². The first-order valence-electron chi connectivity index (χ1n) is 11.6. The van der Waals surface area contributed by atoms with Crippen LogP contribution in [0, 0.1) is 11.7 Å². The SMILES string of the molecule is NC(=O)c1ccc(OC2CCN(CC3CCN(c4cccc(F)c4C(=O)O)CC3)CC2)cc1Cl. The van der Waals surface area contributed by atoms with Gasteiger partial charge in [-0.25, -0.2) is 9.18 Å². The van der Waals surface area contributed by atoms with Crippen molar-refractivity contribution in [3.8, 4) is 5.75 Å². The van der Waals surface area contributed by atoms with E-state index in [-0.39, 0.29) is 17.2 Å². The van der Waals surface area contributed by atoms with Crippen LogP contribution < -0.4 is 15.4 Å². The average Bonchev–Trinajstić information content (AvgIpc) is 2.80. The molecule has 0 atom stereocenters. The second kappa shape index (κ2) is 10.6. The molecule has 2 aliphatic rings. The van der Waals surface area contributed by atoms with Crippen molar-refractivity contribution in [2.75, 3.05) is 37.6 Å². The lowest BCUT2D eigenvalue weighted by Crippen LogP contribution is -2.43. The number of halogens is 2. The Kier molecular flexibility index (Phi) is 7.58. The summed E-state index contributed by atoms with van der Waals surface area (Å²) in [5, 5.41) is 9.69. The number of likely N-dealkylation sites (tertiary alicyclic amines) is 1. The molecule has 0 aromatic heterocycles. The van der Waals surface area contributed by atoms with E-state index >= 15 is 0 Å². The number of amides is 1. The smallest absolute Gasteiger partial charge is 0.340 e. The summed E-state index contributed by atoms with van der Waals surface area (Å²) < 4.78 is 20.1. The zero-order valence-electron chi connectivity index (χ0n) is 18.9. The fraction of sp³-hybridized carbons (Fsp3) is 0.440. The van der Waals surface area contributed by atoms with Gasteiger partial charge in [-0.2, -0.15) is 0 Å². The average molecular weight is 490 g/mol. The number of aromatic carboxylic acids is 1. The molecule has 0 radical (unpaired) electrons. The van der Waals surface area contributed by atoms with E-state index in [2.05, 4.69) is 4.90 Å². The van der Waals surface area contributed by atoms with Crippen LogP contribution in [-0.4, -0.2) is 60.7 Å². The molecule has 3 N–H and O–H groups in total. The third kappa shape index (κ3) is 5.62. The van der Waals surface area contributed by atoms with Crippen LogP contribution in [0.2, 0.25) is 5.02 Å². The predicted octanol–water partition coefficient (Wildman–Crippen LogP) is 4.04. The van der Waals surface area contributed by atoms with Crippen LogP contribution in [-0.2, 0) is 0 Å². The Morgan fingerprint density at radius 3 is 2.41 bits per heavy atom. The molecule has 0 bridgehead atoms. The molecule has 2 aliphatic heterocycles. The van der Waals surface area contributed by atoms with E-state index in [0.29, 0.717) is 22.4 Å². The zero-order chi connectivity index (χ0) is 24.2. The number of nitrogens with zero attached hydrogens (tertiary/aromatic N) is 2. The minimum absolute atomic E-state index is 0.0935. The zero-order valence-corrected chi connectivity index (χ0v) is 19.6. The summed E-state index contributed by atoms with van der Waals surface area (Å²) in [6.07, 6.45) is 3.78. The van der Waals surface area contributed by atoms with Crippen LogP contribution in [0.4, 0.5) is 10.1 Å². The third-order valence-electron chi connectivity index (χ3n) is 6.72. The summed E-state index contributed by atoms with van der Waals surface area (Å²) in [6, 6.07) is 9.39. The van der Waals surface area contributed by atoms with Gasteiger partial charge in [-0.1, -0.05) is 17.7 Å². The summed E-state index contributed by atoms with van der Waals surface area (Å²) in [5.41, 5.74) is 5.80. The molecule has 34 heavy (non-hydrogen) atoms. The Labute approximate surface area is 203 Å². The van der Waals surface area contributed by atoms with Crippen molar-refractivity contribution < 1.29 is 23.8 Å². The highest BCUT2D eigenvalue weighted by Crippen LogP contribution is 2.30. The lowest BCUT2D eigenvalue weighted by molar-refractivity contribution is 0.0691. The molecule has 2 fully saturated rings. The predicted molar refractivity (Wildman–Crippen MR) is 128 cm³/mol. The number of carboxylic acids is 1. The first kappa shape index (κ1) is 24.3. The van der Waals surface area contributed by atoms with Crippen molar-refractivity contribution in [3.05, 3.63) is 58.4 Å². The van der Waals surface area contributed by atoms with Crippen LogP contribution in [0.1, 0.15) is 46.4 Å². The van der Waals surface area contributed by atoms with Gasteiger partial charge in [0.1, 0.15) is 23.2 Å². The summed E-state index contributed by atoms with van der Waals surface area (Å²) in [5.74, 6) is -1.32. The Balaban J connectivity index is 1.24. The molecule has 0 aliphatic carbocycles. The largest absolute Gasteiger partial charge is 0.490 e. The van der Waals surface area contributed by atoms with Gasteiger partial charge in [-0.15, -0.1) is 0 Å². The molecular formula is C25H29ClFN3O4. The molecule has 2 saturated heterocycles. The monoisotopic (exact) mass is 489 g/mol. The van der Waals surface area contributed by atoms with E-state index in [9.17, 15) is 19.1 Å². The van der Waals surface area contributed by atoms with Gasteiger partial charge in [-0.05, 0) is 61.9 Å². The number of anilines is 1. The van der Waals surface area contributed by atoms with Crippen molar-refractivity contribution in [2.45, 2.75) is 31.8 Å². The standard InChI is InChI=1S/C25H29ClFN3O4/c26-20-14-18(4-5-19(20)24(28)31)34-17-8-10-29(11-9-17)15-16-6-12-30(13-7-16)22-3-1-2-21(27)23(22)25(32)33/h1-5,14,16-17H,6-13,15H2,(H2,28,31)(H,32,33). The highest BCUT2D eigenvalue weighted by molar-refractivity contribution is 6.33. The van der Waals surface area contributed by atoms with E-state index < -0.39 is 17.7 Å². The summed E-state index contributed by atoms with van der Waals surface area (Å²) in [4.78, 5) is 27.3. The van der Waals surface area contributed by atoms with Gasteiger partial charge in [0, 0.05) is 32.7 Å². The first-order chi connectivity index (χ1) is 16.3. The number of hydrogen-bond donors (Lipinski definition) is 2. The molecule has 182 valence electrons. The van der Waals surface area contributed by atoms with Crippen molar-refractivity contribution in [1.82, 2.24) is 4.90 Å². The van der Waals surface area contributed by atoms with E-state index in [1.807, 2.05) is 4.90 Å². The van der Waals surface area contributed by atoms with Gasteiger partial charge in [-0.3, -0.25) is 4.79 Å². The van der Waals surface area contributed by atoms with Gasteiger partial charge in [0.2, 0.25) is 5.91 Å². The summed E-state index contributed by atoms with van der Waals surface area (Å²) in [7, 11) is 0. The minimum Gasteiger partial charge on any atom is -0.490 e. The van der Waals surface area contributed by atoms with Gasteiger partial charge < -0.3 is 25.4 Å². The van der Waals surface area contributed by atoms with E-state index in [1.165, 1.54) is 6.07 Å². The Hall–Kier alpha value is -2.84. The van der Waals surface area contributed by atoms with Gasteiger partial charge in [0.25, 0.3) is 0 Å². The highest BCUT2D eigenvalue weighted by Gasteiger charge is 2.28. The number of benzene rings is 2. The van der Waals surface area contributed by atoms with Gasteiger partial charge in [0.15, 0.2) is 0 Å². The Bertz CT molecular complexity index is 1050. The van der Waals surface area contributed by atoms with Crippen molar-refractivity contribution >= 4 is 29.2 Å². The van der Waals surface area contributed by atoms with Crippen LogP contribution in [0.3, 0.4) is 0 Å². The number of carboxylic acid groups (broad SMARTS) is 1. The van der Waals surface area contributed by atoms with Crippen molar-refractivity contribution in [2.24, 2.45) is 11.7 Å². The number of carbonyl (C=O) groups excluding carboxylic acids is 1. The maximum Gasteiger partial charge on any atom is 0.340 e. The summed E-state index contributed by atoms with van der Waals surface area (Å²) >= 11 is 6.11. The first-order valence-corrected chi connectivity index (χ1v) is 11.9. The molecule has 1 amide bonds. The fourth-order valence-electron chi connectivity index (χ4n) is 4.88. The molecule has 2 aromatic carbocycles. The van der Waals surface area contributed by atoms with E-state index in [4.69, 9.17) is 22.1 Å². The highest BCUT2D eigenvalue weighted by atomic mass is 35.5. The molecule has 2 aromatic rings. The van der Waals surface area contributed by atoms with Crippen molar-refractivity contribution in [3.63, 3.8) is 0 Å². The number of rotatable bonds is 7. The maximum absolute atomic E-state index is 14.0. The lowest BCUT2D eigenvalue weighted by Gasteiger charge is -2.38. The Morgan fingerprint density at radius 2 is 1.79 bits per heavy atom. The molecule has 0 unspecified atom stereocenters. The molecule has 0 saturated carbocycles. The van der Waals surface area contributed by atoms with E-state index in [1.54, 1.807) is 30.3 Å². The van der Waals surface area contributed by atoms with Crippen LogP contribution in [0.5, 0.6) is 5.75 Å². The molecule has 7 nitrogen and oxygen atoms in total. The molecular weight excluding hydrogens is 461 g/mol. The quantitative estimate of drug-likeness (QED) is 0.609. The number of ether oxygens (including phenoxy) is 1.